The standard InChI is InChI=1S/C19H17ClN2OS/c1-13-17(11-23)19(24-12-14-7-9-16(20)10-8-14)22-18(21-13)15-5-3-2-4-6-15/h2-10,23H,11-12H2,1H3. The molecule has 0 unspecified atom stereocenters. The van der Waals surface area contributed by atoms with E-state index in [1.54, 1.807) is 11.8 Å². The minimum absolute atomic E-state index is 0.0656. The predicted molar refractivity (Wildman–Crippen MR) is 99.1 cm³/mol. The number of benzene rings is 2. The number of hydrogen-bond acceptors (Lipinski definition) is 4. The van der Waals surface area contributed by atoms with Crippen LogP contribution in [0.4, 0.5) is 0 Å². The van der Waals surface area contributed by atoms with Crippen LogP contribution in [0.15, 0.2) is 59.6 Å². The zero-order valence-corrected chi connectivity index (χ0v) is 14.8. The Kier molecular flexibility index (Phi) is 5.51. The Labute approximate surface area is 150 Å². The number of thioether (sulfide) groups is 1. The molecule has 0 amide bonds. The maximum absolute atomic E-state index is 9.68. The van der Waals surface area contributed by atoms with E-state index < -0.39 is 0 Å². The van der Waals surface area contributed by atoms with Crippen molar-refractivity contribution in [2.75, 3.05) is 0 Å². The quantitative estimate of drug-likeness (QED) is 0.522. The minimum Gasteiger partial charge on any atom is -0.392 e. The molecule has 2 aromatic carbocycles. The van der Waals surface area contributed by atoms with Gasteiger partial charge in [0.05, 0.1) is 6.61 Å². The van der Waals surface area contributed by atoms with Crippen LogP contribution in [-0.2, 0) is 12.4 Å². The van der Waals surface area contributed by atoms with E-state index in [-0.39, 0.29) is 6.61 Å². The van der Waals surface area contributed by atoms with Crippen LogP contribution in [0.2, 0.25) is 5.02 Å². The molecule has 0 aliphatic heterocycles. The van der Waals surface area contributed by atoms with Crippen LogP contribution < -0.4 is 0 Å². The summed E-state index contributed by atoms with van der Waals surface area (Å²) in [5, 5.41) is 11.2. The maximum atomic E-state index is 9.68. The fraction of sp³-hybridized carbons (Fsp3) is 0.158. The van der Waals surface area contributed by atoms with E-state index in [0.29, 0.717) is 5.82 Å². The van der Waals surface area contributed by atoms with Gasteiger partial charge in [-0.1, -0.05) is 54.1 Å². The third-order valence-corrected chi connectivity index (χ3v) is 5.00. The summed E-state index contributed by atoms with van der Waals surface area (Å²) in [5.74, 6) is 1.44. The molecule has 3 rings (SSSR count). The van der Waals surface area contributed by atoms with Crippen molar-refractivity contribution in [2.45, 2.75) is 24.3 Å². The molecule has 3 aromatic rings. The molecule has 0 saturated heterocycles. The third kappa shape index (κ3) is 3.96. The van der Waals surface area contributed by atoms with Gasteiger partial charge in [-0.3, -0.25) is 0 Å². The van der Waals surface area contributed by atoms with E-state index in [1.165, 1.54) is 0 Å². The molecule has 1 N–H and O–H groups in total. The van der Waals surface area contributed by atoms with E-state index >= 15 is 0 Å². The second kappa shape index (κ2) is 7.79. The normalized spacial score (nSPS) is 10.8. The van der Waals surface area contributed by atoms with Gasteiger partial charge in [0.25, 0.3) is 0 Å². The molecule has 5 heteroatoms. The highest BCUT2D eigenvalue weighted by molar-refractivity contribution is 7.98. The highest BCUT2D eigenvalue weighted by atomic mass is 35.5. The molecule has 1 aromatic heterocycles. The second-order valence-electron chi connectivity index (χ2n) is 5.36. The summed E-state index contributed by atoms with van der Waals surface area (Å²) in [7, 11) is 0. The van der Waals surface area contributed by atoms with E-state index in [4.69, 9.17) is 11.6 Å². The van der Waals surface area contributed by atoms with Gasteiger partial charge in [-0.05, 0) is 24.6 Å². The van der Waals surface area contributed by atoms with Crippen molar-refractivity contribution in [1.29, 1.82) is 0 Å². The molecule has 0 fully saturated rings. The highest BCUT2D eigenvalue weighted by Crippen LogP contribution is 2.29. The Balaban J connectivity index is 1.90. The smallest absolute Gasteiger partial charge is 0.160 e. The molecule has 0 bridgehead atoms. The number of nitrogens with zero attached hydrogens (tertiary/aromatic N) is 2. The SMILES string of the molecule is Cc1nc(-c2ccccc2)nc(SCc2ccc(Cl)cc2)c1CO. The van der Waals surface area contributed by atoms with E-state index in [2.05, 4.69) is 9.97 Å². The van der Waals surface area contributed by atoms with Crippen molar-refractivity contribution in [1.82, 2.24) is 9.97 Å². The van der Waals surface area contributed by atoms with Gasteiger partial charge in [0.15, 0.2) is 5.82 Å². The fourth-order valence-corrected chi connectivity index (χ4v) is 3.48. The van der Waals surface area contributed by atoms with Gasteiger partial charge < -0.3 is 5.11 Å². The summed E-state index contributed by atoms with van der Waals surface area (Å²) in [5.41, 5.74) is 3.72. The fourth-order valence-electron chi connectivity index (χ4n) is 2.32. The van der Waals surface area contributed by atoms with Crippen molar-refractivity contribution in [3.63, 3.8) is 0 Å². The number of aliphatic hydroxyl groups excluding tert-OH is 1. The van der Waals surface area contributed by atoms with E-state index in [9.17, 15) is 5.11 Å². The second-order valence-corrected chi connectivity index (χ2v) is 6.76. The first-order valence-electron chi connectivity index (χ1n) is 7.58. The van der Waals surface area contributed by atoms with E-state index in [1.807, 2.05) is 61.5 Å². The highest BCUT2D eigenvalue weighted by Gasteiger charge is 2.13. The first-order valence-corrected chi connectivity index (χ1v) is 8.95. The van der Waals surface area contributed by atoms with Gasteiger partial charge in [-0.2, -0.15) is 0 Å². The number of aryl methyl sites for hydroxylation is 1. The molecule has 0 saturated carbocycles. The van der Waals surface area contributed by atoms with Gasteiger partial charge in [0, 0.05) is 27.6 Å². The molecule has 0 spiro atoms. The third-order valence-electron chi connectivity index (χ3n) is 3.65. The Morgan fingerprint density at radius 2 is 1.71 bits per heavy atom. The summed E-state index contributed by atoms with van der Waals surface area (Å²) < 4.78 is 0. The number of aromatic nitrogens is 2. The molecular formula is C19H17ClN2OS. The number of aliphatic hydroxyl groups is 1. The molecule has 0 aliphatic carbocycles. The summed E-state index contributed by atoms with van der Waals surface area (Å²) in [6.45, 7) is 1.84. The molecule has 0 aliphatic rings. The lowest BCUT2D eigenvalue weighted by molar-refractivity contribution is 0.276. The molecular weight excluding hydrogens is 340 g/mol. The Morgan fingerprint density at radius 1 is 1.00 bits per heavy atom. The predicted octanol–water partition coefficient (Wildman–Crippen LogP) is 4.89. The molecule has 24 heavy (non-hydrogen) atoms. The average Bonchev–Trinajstić information content (AvgIpc) is 2.61. The van der Waals surface area contributed by atoms with Crippen molar-refractivity contribution in [2.24, 2.45) is 0 Å². The summed E-state index contributed by atoms with van der Waals surface area (Å²) >= 11 is 7.52. The zero-order valence-electron chi connectivity index (χ0n) is 13.2. The largest absolute Gasteiger partial charge is 0.392 e. The molecule has 1 heterocycles. The monoisotopic (exact) mass is 356 g/mol. The molecule has 0 atom stereocenters. The molecule has 3 nitrogen and oxygen atoms in total. The number of rotatable bonds is 5. The summed E-state index contributed by atoms with van der Waals surface area (Å²) in [6, 6.07) is 17.6. The van der Waals surface area contributed by atoms with Crippen LogP contribution in [0, 0.1) is 6.92 Å². The lowest BCUT2D eigenvalue weighted by Gasteiger charge is -2.11. The topological polar surface area (TPSA) is 46.0 Å². The van der Waals surface area contributed by atoms with Crippen molar-refractivity contribution >= 4 is 23.4 Å². The lowest BCUT2D eigenvalue weighted by atomic mass is 10.2. The summed E-state index contributed by atoms with van der Waals surface area (Å²) in [6.07, 6.45) is 0. The van der Waals surface area contributed by atoms with Crippen LogP contribution in [0.1, 0.15) is 16.8 Å². The summed E-state index contributed by atoms with van der Waals surface area (Å²) in [4.78, 5) is 9.21. The lowest BCUT2D eigenvalue weighted by Crippen LogP contribution is -2.02. The van der Waals surface area contributed by atoms with E-state index in [0.717, 1.165) is 38.2 Å². The van der Waals surface area contributed by atoms with Crippen molar-refractivity contribution < 1.29 is 5.11 Å². The average molecular weight is 357 g/mol. The van der Waals surface area contributed by atoms with Crippen LogP contribution in [0.25, 0.3) is 11.4 Å². The van der Waals surface area contributed by atoms with Crippen LogP contribution in [0.3, 0.4) is 0 Å². The maximum Gasteiger partial charge on any atom is 0.160 e. The van der Waals surface area contributed by atoms with Crippen molar-refractivity contribution in [3.05, 3.63) is 76.4 Å². The number of halogens is 1. The molecule has 122 valence electrons. The Morgan fingerprint density at radius 3 is 2.38 bits per heavy atom. The minimum atomic E-state index is -0.0656. The Hall–Kier alpha value is -1.88. The molecule has 0 radical (unpaired) electrons. The van der Waals surface area contributed by atoms with Gasteiger partial charge in [-0.25, -0.2) is 9.97 Å². The van der Waals surface area contributed by atoms with Gasteiger partial charge in [0.2, 0.25) is 0 Å². The number of hydrogen-bond donors (Lipinski definition) is 1. The van der Waals surface area contributed by atoms with Crippen LogP contribution in [0.5, 0.6) is 0 Å². The Bertz CT molecular complexity index is 823. The first-order chi connectivity index (χ1) is 11.7. The van der Waals surface area contributed by atoms with Gasteiger partial charge in [0.1, 0.15) is 5.03 Å². The first kappa shape index (κ1) is 17.0. The van der Waals surface area contributed by atoms with Crippen molar-refractivity contribution in [3.8, 4) is 11.4 Å². The van der Waals surface area contributed by atoms with Gasteiger partial charge in [-0.15, -0.1) is 11.8 Å². The van der Waals surface area contributed by atoms with Crippen LogP contribution >= 0.6 is 23.4 Å². The van der Waals surface area contributed by atoms with Crippen LogP contribution in [-0.4, -0.2) is 15.1 Å². The van der Waals surface area contributed by atoms with Gasteiger partial charge >= 0.3 is 0 Å². The zero-order chi connectivity index (χ0) is 16.9.